The van der Waals surface area contributed by atoms with Crippen molar-refractivity contribution in [3.05, 3.63) is 58.6 Å². The fraction of sp³-hybridized carbons (Fsp3) is 0.350. The standard InChI is InChI=1S/C20H24ClN3O4S/c1-14-7-8-16(12-19(14)21)22-29(27,24-10-9-17(13-24)23(2)3)28-18-6-4-5-15(11-18)20(25)26/h4-8,11-12,17H,9-10,13H2,1-3H3,(H,25,26)/t17-,29?/m0/s1. The molecule has 2 aromatic rings. The molecular formula is C20H24ClN3O4S. The molecule has 1 N–H and O–H groups in total. The maximum Gasteiger partial charge on any atom is 0.335 e. The van der Waals surface area contributed by atoms with E-state index < -0.39 is 16.2 Å². The number of hydrogen-bond donors (Lipinski definition) is 1. The van der Waals surface area contributed by atoms with Gasteiger partial charge in [0.1, 0.15) is 5.75 Å². The van der Waals surface area contributed by atoms with Gasteiger partial charge in [-0.15, -0.1) is 0 Å². The molecule has 9 heteroatoms. The molecule has 3 rings (SSSR count). The number of nitrogens with zero attached hydrogens (tertiary/aromatic N) is 3. The zero-order chi connectivity index (χ0) is 21.2. The van der Waals surface area contributed by atoms with E-state index in [0.29, 0.717) is 23.8 Å². The average Bonchev–Trinajstić information content (AvgIpc) is 3.16. The lowest BCUT2D eigenvalue weighted by Crippen LogP contribution is -2.36. The highest BCUT2D eigenvalue weighted by molar-refractivity contribution is 7.87. The van der Waals surface area contributed by atoms with Crippen LogP contribution in [0.1, 0.15) is 22.3 Å². The summed E-state index contributed by atoms with van der Waals surface area (Å²) in [5.74, 6) is -0.900. The van der Waals surface area contributed by atoms with Crippen molar-refractivity contribution in [3.8, 4) is 5.75 Å². The molecule has 0 aliphatic carbocycles. The van der Waals surface area contributed by atoms with E-state index in [-0.39, 0.29) is 17.4 Å². The van der Waals surface area contributed by atoms with E-state index in [1.54, 1.807) is 34.6 Å². The van der Waals surface area contributed by atoms with E-state index in [0.717, 1.165) is 12.0 Å². The number of carboxylic acids is 1. The highest BCUT2D eigenvalue weighted by atomic mass is 35.5. The molecule has 1 aliphatic rings. The lowest BCUT2D eigenvalue weighted by molar-refractivity contribution is 0.0696. The van der Waals surface area contributed by atoms with Crippen molar-refractivity contribution in [3.63, 3.8) is 0 Å². The van der Waals surface area contributed by atoms with Crippen molar-refractivity contribution >= 4 is 33.5 Å². The second kappa shape index (κ2) is 8.71. The second-order valence-corrected chi connectivity index (χ2v) is 9.35. The summed E-state index contributed by atoms with van der Waals surface area (Å²) in [7, 11) is 0.621. The summed E-state index contributed by atoms with van der Waals surface area (Å²) >= 11 is 6.20. The van der Waals surface area contributed by atoms with Crippen LogP contribution in [0.3, 0.4) is 0 Å². The van der Waals surface area contributed by atoms with Crippen molar-refractivity contribution in [1.29, 1.82) is 0 Å². The minimum atomic E-state index is -3.33. The van der Waals surface area contributed by atoms with Gasteiger partial charge in [0.25, 0.3) is 10.2 Å². The molecule has 0 amide bonds. The van der Waals surface area contributed by atoms with Gasteiger partial charge in [0.15, 0.2) is 0 Å². The van der Waals surface area contributed by atoms with Crippen LogP contribution in [0.15, 0.2) is 46.8 Å². The lowest BCUT2D eigenvalue weighted by Gasteiger charge is -2.23. The van der Waals surface area contributed by atoms with Crippen molar-refractivity contribution in [2.75, 3.05) is 27.2 Å². The number of aromatic carboxylic acids is 1. The van der Waals surface area contributed by atoms with Crippen LogP contribution in [0.4, 0.5) is 5.69 Å². The molecule has 29 heavy (non-hydrogen) atoms. The Balaban J connectivity index is 2.03. The summed E-state index contributed by atoms with van der Waals surface area (Å²) in [5, 5.41) is 9.75. The third-order valence-electron chi connectivity index (χ3n) is 4.84. The van der Waals surface area contributed by atoms with Crippen molar-refractivity contribution in [2.45, 2.75) is 19.4 Å². The van der Waals surface area contributed by atoms with Crippen molar-refractivity contribution < 1.29 is 18.3 Å². The first kappa shape index (κ1) is 21.6. The van der Waals surface area contributed by atoms with Crippen LogP contribution in [0.5, 0.6) is 5.75 Å². The number of hydrogen-bond acceptors (Lipinski definition) is 5. The van der Waals surface area contributed by atoms with Crippen LogP contribution < -0.4 is 4.18 Å². The highest BCUT2D eigenvalue weighted by Gasteiger charge is 2.33. The van der Waals surface area contributed by atoms with Gasteiger partial charge in [-0.3, -0.25) is 0 Å². The summed E-state index contributed by atoms with van der Waals surface area (Å²) in [5.41, 5.74) is 1.38. The van der Waals surface area contributed by atoms with Gasteiger partial charge in [0, 0.05) is 24.2 Å². The third kappa shape index (κ3) is 5.08. The zero-order valence-electron chi connectivity index (χ0n) is 16.5. The second-order valence-electron chi connectivity index (χ2n) is 7.18. The third-order valence-corrected chi connectivity index (χ3v) is 7.09. The number of aryl methyl sites for hydroxylation is 1. The fourth-order valence-electron chi connectivity index (χ4n) is 3.05. The lowest BCUT2D eigenvalue weighted by atomic mass is 10.2. The molecule has 2 aromatic carbocycles. The van der Waals surface area contributed by atoms with Crippen LogP contribution in [-0.2, 0) is 10.2 Å². The molecule has 2 atom stereocenters. The Labute approximate surface area is 176 Å². The van der Waals surface area contributed by atoms with Crippen molar-refractivity contribution in [1.82, 2.24) is 9.21 Å². The molecule has 0 radical (unpaired) electrons. The quantitative estimate of drug-likeness (QED) is 0.738. The van der Waals surface area contributed by atoms with Gasteiger partial charge in [-0.05, 0) is 63.3 Å². The Bertz CT molecular complexity index is 1030. The van der Waals surface area contributed by atoms with Crippen LogP contribution in [0, 0.1) is 6.92 Å². The highest BCUT2D eigenvalue weighted by Crippen LogP contribution is 2.28. The van der Waals surface area contributed by atoms with Crippen LogP contribution in [-0.4, -0.2) is 57.7 Å². The van der Waals surface area contributed by atoms with E-state index in [2.05, 4.69) is 9.26 Å². The molecule has 0 bridgehead atoms. The van der Waals surface area contributed by atoms with Gasteiger partial charge < -0.3 is 14.2 Å². The number of carbonyl (C=O) groups is 1. The monoisotopic (exact) mass is 437 g/mol. The minimum Gasteiger partial charge on any atom is -0.478 e. The Morgan fingerprint density at radius 3 is 2.69 bits per heavy atom. The zero-order valence-corrected chi connectivity index (χ0v) is 18.1. The molecular weight excluding hydrogens is 414 g/mol. The van der Waals surface area contributed by atoms with Gasteiger partial charge in [-0.2, -0.15) is 12.9 Å². The summed E-state index contributed by atoms with van der Waals surface area (Å²) in [6, 6.07) is 11.3. The summed E-state index contributed by atoms with van der Waals surface area (Å²) in [6.07, 6.45) is 0.826. The predicted octanol–water partition coefficient (Wildman–Crippen LogP) is 3.99. The smallest absolute Gasteiger partial charge is 0.335 e. The molecule has 1 aliphatic heterocycles. The average molecular weight is 438 g/mol. The Hall–Kier alpha value is -2.13. The topological polar surface area (TPSA) is 82.4 Å². The SMILES string of the molecule is Cc1ccc(N=S(=O)(Oc2cccc(C(=O)O)c2)N2CC[C@H](N(C)C)C2)cc1Cl. The van der Waals surface area contributed by atoms with Gasteiger partial charge >= 0.3 is 5.97 Å². The number of halogens is 1. The van der Waals surface area contributed by atoms with E-state index in [4.69, 9.17) is 15.8 Å². The molecule has 1 fully saturated rings. The van der Waals surface area contributed by atoms with Gasteiger partial charge in [0.2, 0.25) is 0 Å². The fourth-order valence-corrected chi connectivity index (χ4v) is 4.91. The van der Waals surface area contributed by atoms with E-state index in [1.165, 1.54) is 12.1 Å². The number of carboxylic acid groups (broad SMARTS) is 1. The van der Waals surface area contributed by atoms with E-state index in [1.807, 2.05) is 21.0 Å². The van der Waals surface area contributed by atoms with Gasteiger partial charge in [0.05, 0.1) is 11.3 Å². The normalized spacial score (nSPS) is 19.1. The summed E-state index contributed by atoms with van der Waals surface area (Å²) in [6.45, 7) is 2.94. The maximum absolute atomic E-state index is 13.9. The van der Waals surface area contributed by atoms with Crippen molar-refractivity contribution in [2.24, 2.45) is 4.36 Å². The first-order chi connectivity index (χ1) is 13.7. The Morgan fingerprint density at radius 1 is 1.31 bits per heavy atom. The van der Waals surface area contributed by atoms with E-state index in [9.17, 15) is 14.1 Å². The molecule has 0 saturated carbocycles. The molecule has 1 unspecified atom stereocenters. The first-order valence-corrected chi connectivity index (χ1v) is 10.9. The molecule has 156 valence electrons. The number of likely N-dealkylation sites (N-methyl/N-ethyl adjacent to an activating group) is 1. The largest absolute Gasteiger partial charge is 0.478 e. The molecule has 1 heterocycles. The van der Waals surface area contributed by atoms with Crippen LogP contribution >= 0.6 is 11.6 Å². The first-order valence-electron chi connectivity index (χ1n) is 9.15. The Morgan fingerprint density at radius 2 is 2.07 bits per heavy atom. The molecule has 0 aromatic heterocycles. The molecule has 0 spiro atoms. The van der Waals surface area contributed by atoms with Gasteiger partial charge in [-0.25, -0.2) is 4.79 Å². The predicted molar refractivity (Wildman–Crippen MR) is 114 cm³/mol. The van der Waals surface area contributed by atoms with Crippen LogP contribution in [0.25, 0.3) is 0 Å². The Kier molecular flexibility index (Phi) is 6.48. The number of rotatable bonds is 6. The van der Waals surface area contributed by atoms with Gasteiger partial charge in [-0.1, -0.05) is 23.7 Å². The summed E-state index contributed by atoms with van der Waals surface area (Å²) < 4.78 is 25.9. The van der Waals surface area contributed by atoms with Crippen LogP contribution in [0.2, 0.25) is 5.02 Å². The van der Waals surface area contributed by atoms with E-state index >= 15 is 0 Å². The molecule has 1 saturated heterocycles. The molecule has 7 nitrogen and oxygen atoms in total. The maximum atomic E-state index is 13.9. The summed E-state index contributed by atoms with van der Waals surface area (Å²) in [4.78, 5) is 13.3. The number of benzene rings is 2. The minimum absolute atomic E-state index is 0.0511.